The van der Waals surface area contributed by atoms with E-state index in [1.165, 1.54) is 0 Å². The summed E-state index contributed by atoms with van der Waals surface area (Å²) in [5.74, 6) is -0.899. The van der Waals surface area contributed by atoms with Crippen LogP contribution in [0.15, 0.2) is 18.2 Å². The highest BCUT2D eigenvalue weighted by Crippen LogP contribution is 2.08. The van der Waals surface area contributed by atoms with Crippen molar-refractivity contribution in [2.24, 2.45) is 0 Å². The van der Waals surface area contributed by atoms with E-state index in [-0.39, 0.29) is 13.0 Å². The van der Waals surface area contributed by atoms with E-state index in [1.54, 1.807) is 18.2 Å². The van der Waals surface area contributed by atoms with Gasteiger partial charge in [0.2, 0.25) is 0 Å². The smallest absolute Gasteiger partial charge is 0.307 e. The fourth-order valence-electron chi connectivity index (χ4n) is 0.982. The first-order chi connectivity index (χ1) is 5.74. The topological polar surface area (TPSA) is 57.5 Å². The second-order valence-electron chi connectivity index (χ2n) is 2.40. The van der Waals surface area contributed by atoms with Crippen molar-refractivity contribution in [2.75, 3.05) is 0 Å². The van der Waals surface area contributed by atoms with E-state index >= 15 is 0 Å². The van der Waals surface area contributed by atoms with Crippen LogP contribution in [-0.4, -0.2) is 16.2 Å². The van der Waals surface area contributed by atoms with Crippen molar-refractivity contribution in [3.8, 4) is 0 Å². The molecule has 3 nitrogen and oxygen atoms in total. The van der Waals surface area contributed by atoms with Gasteiger partial charge in [-0.3, -0.25) is 4.79 Å². The first-order valence-corrected chi connectivity index (χ1v) is 3.55. The summed E-state index contributed by atoms with van der Waals surface area (Å²) in [5, 5.41) is 17.3. The molecule has 0 aliphatic rings. The number of hydrogen-bond acceptors (Lipinski definition) is 2. The minimum absolute atomic E-state index is 0.0623. The van der Waals surface area contributed by atoms with E-state index in [0.717, 1.165) is 0 Å². The Morgan fingerprint density at radius 3 is 2.92 bits per heavy atom. The lowest BCUT2D eigenvalue weighted by Gasteiger charge is -2.02. The van der Waals surface area contributed by atoms with Crippen LogP contribution in [0.25, 0.3) is 0 Å². The standard InChI is InChI=1S/C9H9O3/c10-6-8-4-2-1-3-7(8)5-9(11)12/h1-3,10H,5-6H2,(H,11,12). The Morgan fingerprint density at radius 1 is 1.58 bits per heavy atom. The summed E-state index contributed by atoms with van der Waals surface area (Å²) in [6.07, 6.45) is -0.0623. The maximum absolute atomic E-state index is 10.3. The monoisotopic (exact) mass is 165 g/mol. The van der Waals surface area contributed by atoms with E-state index in [1.807, 2.05) is 0 Å². The van der Waals surface area contributed by atoms with Crippen LogP contribution in [0.1, 0.15) is 11.1 Å². The van der Waals surface area contributed by atoms with E-state index in [4.69, 9.17) is 10.2 Å². The van der Waals surface area contributed by atoms with Crippen LogP contribution in [0.5, 0.6) is 0 Å². The fraction of sp³-hybridized carbons (Fsp3) is 0.222. The number of benzene rings is 1. The van der Waals surface area contributed by atoms with Crippen LogP contribution in [0.4, 0.5) is 0 Å². The van der Waals surface area contributed by atoms with Crippen molar-refractivity contribution in [1.29, 1.82) is 0 Å². The molecule has 0 aromatic heterocycles. The SMILES string of the molecule is O=C(O)Cc1ccc[c]c1CO. The van der Waals surface area contributed by atoms with Gasteiger partial charge in [-0.05, 0) is 17.2 Å². The molecular weight excluding hydrogens is 156 g/mol. The highest BCUT2D eigenvalue weighted by molar-refractivity contribution is 5.70. The molecule has 1 radical (unpaired) electrons. The van der Waals surface area contributed by atoms with Crippen molar-refractivity contribution in [1.82, 2.24) is 0 Å². The second-order valence-corrected chi connectivity index (χ2v) is 2.40. The molecule has 63 valence electrons. The molecule has 1 aromatic carbocycles. The number of carbonyl (C=O) groups is 1. The van der Waals surface area contributed by atoms with Crippen molar-refractivity contribution in [3.05, 3.63) is 35.4 Å². The molecule has 2 N–H and O–H groups in total. The van der Waals surface area contributed by atoms with Gasteiger partial charge in [0.15, 0.2) is 0 Å². The lowest BCUT2D eigenvalue weighted by atomic mass is 10.1. The summed E-state index contributed by atoms with van der Waals surface area (Å²) < 4.78 is 0. The molecule has 3 heteroatoms. The Morgan fingerprint density at radius 2 is 2.33 bits per heavy atom. The van der Waals surface area contributed by atoms with Crippen molar-refractivity contribution >= 4 is 5.97 Å². The third-order valence-corrected chi connectivity index (χ3v) is 1.54. The molecule has 12 heavy (non-hydrogen) atoms. The summed E-state index contributed by atoms with van der Waals surface area (Å²) in [7, 11) is 0. The number of carboxylic acid groups (broad SMARTS) is 1. The Hall–Kier alpha value is -1.35. The largest absolute Gasteiger partial charge is 0.481 e. The molecule has 1 rings (SSSR count). The van der Waals surface area contributed by atoms with Crippen LogP contribution < -0.4 is 0 Å². The Bertz CT molecular complexity index is 281. The average molecular weight is 165 g/mol. The predicted octanol–water partition coefficient (Wildman–Crippen LogP) is 0.606. The zero-order chi connectivity index (χ0) is 8.97. The van der Waals surface area contributed by atoms with E-state index in [2.05, 4.69) is 6.07 Å². The zero-order valence-corrected chi connectivity index (χ0v) is 6.45. The van der Waals surface area contributed by atoms with Gasteiger partial charge in [-0.2, -0.15) is 0 Å². The lowest BCUT2D eigenvalue weighted by molar-refractivity contribution is -0.136. The van der Waals surface area contributed by atoms with Gasteiger partial charge >= 0.3 is 5.97 Å². The third-order valence-electron chi connectivity index (χ3n) is 1.54. The Kier molecular flexibility index (Phi) is 2.82. The van der Waals surface area contributed by atoms with Gasteiger partial charge in [-0.15, -0.1) is 0 Å². The molecule has 0 saturated carbocycles. The second kappa shape index (κ2) is 3.88. The maximum atomic E-state index is 10.3. The fourth-order valence-corrected chi connectivity index (χ4v) is 0.982. The number of aliphatic carboxylic acids is 1. The number of hydrogen-bond donors (Lipinski definition) is 2. The van der Waals surface area contributed by atoms with Gasteiger partial charge in [-0.25, -0.2) is 0 Å². The summed E-state index contributed by atoms with van der Waals surface area (Å²) in [6, 6.07) is 7.81. The summed E-state index contributed by atoms with van der Waals surface area (Å²) in [5.41, 5.74) is 1.17. The summed E-state index contributed by atoms with van der Waals surface area (Å²) >= 11 is 0. The number of aliphatic hydroxyl groups excluding tert-OH is 1. The van der Waals surface area contributed by atoms with Crippen LogP contribution >= 0.6 is 0 Å². The third kappa shape index (κ3) is 2.07. The van der Waals surface area contributed by atoms with Crippen molar-refractivity contribution < 1.29 is 15.0 Å². The first-order valence-electron chi connectivity index (χ1n) is 3.55. The van der Waals surface area contributed by atoms with Crippen LogP contribution in [0.2, 0.25) is 0 Å². The van der Waals surface area contributed by atoms with Crippen LogP contribution in [0.3, 0.4) is 0 Å². The number of carboxylic acids is 1. The maximum Gasteiger partial charge on any atom is 0.307 e. The first kappa shape index (κ1) is 8.74. The van der Waals surface area contributed by atoms with E-state index in [9.17, 15) is 4.79 Å². The number of rotatable bonds is 3. The molecular formula is C9H9O3. The molecule has 0 heterocycles. The number of aliphatic hydroxyl groups is 1. The van der Waals surface area contributed by atoms with Crippen molar-refractivity contribution in [2.45, 2.75) is 13.0 Å². The zero-order valence-electron chi connectivity index (χ0n) is 6.45. The van der Waals surface area contributed by atoms with Gasteiger partial charge < -0.3 is 10.2 Å². The van der Waals surface area contributed by atoms with Gasteiger partial charge in [0.1, 0.15) is 0 Å². The minimum Gasteiger partial charge on any atom is -0.481 e. The molecule has 0 aliphatic heterocycles. The highest BCUT2D eigenvalue weighted by atomic mass is 16.4. The van der Waals surface area contributed by atoms with Gasteiger partial charge in [0, 0.05) is 0 Å². The van der Waals surface area contributed by atoms with Gasteiger partial charge in [0.05, 0.1) is 13.0 Å². The highest BCUT2D eigenvalue weighted by Gasteiger charge is 2.04. The average Bonchev–Trinajstić information content (AvgIpc) is 2.04. The minimum atomic E-state index is -0.899. The summed E-state index contributed by atoms with van der Waals surface area (Å²) in [4.78, 5) is 10.3. The quantitative estimate of drug-likeness (QED) is 0.689. The van der Waals surface area contributed by atoms with Crippen LogP contribution in [0, 0.1) is 6.07 Å². The predicted molar refractivity (Wildman–Crippen MR) is 42.5 cm³/mol. The molecule has 0 amide bonds. The molecule has 0 fully saturated rings. The molecule has 0 aliphatic carbocycles. The van der Waals surface area contributed by atoms with Crippen molar-refractivity contribution in [3.63, 3.8) is 0 Å². The molecule has 0 bridgehead atoms. The summed E-state index contributed by atoms with van der Waals surface area (Å²) in [6.45, 7) is -0.163. The lowest BCUT2D eigenvalue weighted by Crippen LogP contribution is -2.03. The molecule has 1 aromatic rings. The molecule has 0 spiro atoms. The van der Waals surface area contributed by atoms with Crippen LogP contribution in [-0.2, 0) is 17.8 Å². The van der Waals surface area contributed by atoms with E-state index in [0.29, 0.717) is 11.1 Å². The molecule has 0 unspecified atom stereocenters. The molecule has 0 saturated heterocycles. The molecule has 0 atom stereocenters. The van der Waals surface area contributed by atoms with Gasteiger partial charge in [-0.1, -0.05) is 18.2 Å². The Balaban J connectivity index is 2.89. The normalized spacial score (nSPS) is 9.75. The van der Waals surface area contributed by atoms with E-state index < -0.39 is 5.97 Å². The van der Waals surface area contributed by atoms with Gasteiger partial charge in [0.25, 0.3) is 0 Å². The Labute approximate surface area is 70.3 Å².